The molecule has 0 aliphatic carbocycles. The molecule has 144 valence electrons. The van der Waals surface area contributed by atoms with Crippen molar-refractivity contribution < 1.29 is 19.1 Å². The maximum atomic E-state index is 12.0. The summed E-state index contributed by atoms with van der Waals surface area (Å²) < 4.78 is 11.2. The fraction of sp³-hybridized carbons (Fsp3) is 0. The Hall–Kier alpha value is -3.04. The van der Waals surface area contributed by atoms with Gasteiger partial charge >= 0.3 is 12.2 Å². The zero-order valence-corrected chi connectivity index (χ0v) is 17.7. The molecule has 2 heterocycles. The van der Waals surface area contributed by atoms with E-state index in [4.69, 9.17) is 9.47 Å². The van der Waals surface area contributed by atoms with Gasteiger partial charge in [-0.3, -0.25) is 0 Å². The van der Waals surface area contributed by atoms with Crippen LogP contribution < -0.4 is 14.8 Å². The van der Waals surface area contributed by atoms with Gasteiger partial charge in [0.25, 0.3) is 0 Å². The Morgan fingerprint density at radius 1 is 0.724 bits per heavy atom. The molecule has 0 aliphatic heterocycles. The van der Waals surface area contributed by atoms with Crippen LogP contribution in [0.4, 0.5) is 9.59 Å². The fourth-order valence-electron chi connectivity index (χ4n) is 2.69. The van der Waals surface area contributed by atoms with E-state index in [1.807, 2.05) is 53.8 Å². The monoisotopic (exact) mass is 515 g/mol. The molecule has 4 rings (SSSR count). The molecule has 7 nitrogen and oxygen atoms in total. The third-order valence-electron chi connectivity index (χ3n) is 3.94. The number of hydrogen-bond acceptors (Lipinski definition) is 6. The van der Waals surface area contributed by atoms with Gasteiger partial charge in [-0.15, -0.1) is 0 Å². The molecule has 2 aromatic carbocycles. The predicted molar refractivity (Wildman–Crippen MR) is 114 cm³/mol. The Morgan fingerprint density at radius 2 is 1.14 bits per heavy atom. The number of hydrogen-bond donors (Lipinski definition) is 1. The average Bonchev–Trinajstić information content (AvgIpc) is 2.68. The zero-order valence-electron chi connectivity index (χ0n) is 14.6. The molecular weight excluding hydrogens is 506 g/mol. The highest BCUT2D eigenvalue weighted by atomic mass is 79.9. The van der Waals surface area contributed by atoms with Gasteiger partial charge in [0.05, 0.1) is 0 Å². The number of aromatic nitrogens is 2. The normalized spacial score (nSPS) is 10.7. The molecule has 2 amide bonds. The van der Waals surface area contributed by atoms with Gasteiger partial charge < -0.3 is 9.47 Å². The van der Waals surface area contributed by atoms with E-state index in [1.165, 1.54) is 0 Å². The van der Waals surface area contributed by atoms with Crippen molar-refractivity contribution in [1.82, 2.24) is 15.3 Å². The number of fused-ring (bicyclic) bond motifs is 2. The van der Waals surface area contributed by atoms with Gasteiger partial charge in [0.2, 0.25) is 11.8 Å². The molecule has 0 radical (unpaired) electrons. The lowest BCUT2D eigenvalue weighted by Gasteiger charge is -2.08. The van der Waals surface area contributed by atoms with Crippen LogP contribution in [0.1, 0.15) is 0 Å². The van der Waals surface area contributed by atoms with Crippen LogP contribution in [0, 0.1) is 0 Å². The van der Waals surface area contributed by atoms with E-state index >= 15 is 0 Å². The average molecular weight is 517 g/mol. The topological polar surface area (TPSA) is 90.4 Å². The number of rotatable bonds is 2. The Balaban J connectivity index is 1.44. The molecule has 1 N–H and O–H groups in total. The molecule has 9 heteroatoms. The van der Waals surface area contributed by atoms with Gasteiger partial charge in [-0.05, 0) is 42.6 Å². The van der Waals surface area contributed by atoms with Crippen molar-refractivity contribution in [2.24, 2.45) is 0 Å². The van der Waals surface area contributed by atoms with Crippen LogP contribution in [0.2, 0.25) is 0 Å². The smallest absolute Gasteiger partial charge is 0.391 e. The van der Waals surface area contributed by atoms with E-state index in [0.717, 1.165) is 21.5 Å². The quantitative estimate of drug-likeness (QED) is 0.349. The van der Waals surface area contributed by atoms with Crippen LogP contribution in [0.15, 0.2) is 69.9 Å². The summed E-state index contributed by atoms with van der Waals surface area (Å²) in [6, 6.07) is 18.1. The van der Waals surface area contributed by atoms with Gasteiger partial charge in [-0.1, -0.05) is 48.5 Å². The van der Waals surface area contributed by atoms with Crippen molar-refractivity contribution in [3.05, 3.63) is 69.9 Å². The summed E-state index contributed by atoms with van der Waals surface area (Å²) in [5.74, 6) is 0.0694. The number of ether oxygens (including phenoxy) is 2. The SMILES string of the molecule is O=C(NC(=O)Oc1cc2ccccc2c(Br)n1)Oc1cc2ccccc2c(Br)n1. The summed E-state index contributed by atoms with van der Waals surface area (Å²) >= 11 is 6.66. The first kappa shape index (κ1) is 19.3. The van der Waals surface area contributed by atoms with Gasteiger partial charge in [-0.2, -0.15) is 0 Å². The van der Waals surface area contributed by atoms with E-state index in [2.05, 4.69) is 41.8 Å². The van der Waals surface area contributed by atoms with Crippen molar-refractivity contribution in [2.75, 3.05) is 0 Å². The van der Waals surface area contributed by atoms with Crippen molar-refractivity contribution in [2.45, 2.75) is 0 Å². The van der Waals surface area contributed by atoms with Crippen molar-refractivity contribution in [3.8, 4) is 11.8 Å². The third kappa shape index (κ3) is 4.36. The molecule has 0 aliphatic rings. The van der Waals surface area contributed by atoms with Crippen molar-refractivity contribution >= 4 is 65.6 Å². The maximum Gasteiger partial charge on any atom is 0.423 e. The summed E-state index contributed by atoms with van der Waals surface area (Å²) in [5, 5.41) is 5.36. The lowest BCUT2D eigenvalue weighted by atomic mass is 10.2. The first-order valence-corrected chi connectivity index (χ1v) is 9.89. The second kappa shape index (κ2) is 8.14. The number of nitrogens with one attached hydrogen (secondary N) is 1. The number of pyridine rings is 2. The first-order valence-electron chi connectivity index (χ1n) is 8.31. The number of benzene rings is 2. The van der Waals surface area contributed by atoms with Crippen molar-refractivity contribution in [3.63, 3.8) is 0 Å². The number of nitrogens with zero attached hydrogens (tertiary/aromatic N) is 2. The van der Waals surface area contributed by atoms with Gasteiger partial charge in [-0.25, -0.2) is 24.9 Å². The predicted octanol–water partition coefficient (Wildman–Crippen LogP) is 5.60. The van der Waals surface area contributed by atoms with Crippen LogP contribution in [-0.4, -0.2) is 22.2 Å². The molecule has 29 heavy (non-hydrogen) atoms. The number of imide groups is 1. The summed E-state index contributed by atoms with van der Waals surface area (Å²) in [6.07, 6.45) is -2.05. The van der Waals surface area contributed by atoms with Crippen LogP contribution in [0.5, 0.6) is 11.8 Å². The number of carbonyl (C=O) groups excluding carboxylic acids is 2. The molecular formula is C20H11Br2N3O4. The second-order valence-corrected chi connectivity index (χ2v) is 7.35. The highest BCUT2D eigenvalue weighted by Crippen LogP contribution is 2.27. The maximum absolute atomic E-state index is 12.0. The highest BCUT2D eigenvalue weighted by Gasteiger charge is 2.15. The largest absolute Gasteiger partial charge is 0.423 e. The van der Waals surface area contributed by atoms with Gasteiger partial charge in [0, 0.05) is 22.9 Å². The Morgan fingerprint density at radius 3 is 1.59 bits per heavy atom. The van der Waals surface area contributed by atoms with Crippen LogP contribution in [0.25, 0.3) is 21.5 Å². The van der Waals surface area contributed by atoms with Crippen LogP contribution in [-0.2, 0) is 0 Å². The lowest BCUT2D eigenvalue weighted by Crippen LogP contribution is -2.35. The highest BCUT2D eigenvalue weighted by molar-refractivity contribution is 9.10. The molecule has 0 unspecified atom stereocenters. The molecule has 2 aromatic heterocycles. The lowest BCUT2D eigenvalue weighted by molar-refractivity contribution is 0.179. The summed E-state index contributed by atoms with van der Waals surface area (Å²) in [7, 11) is 0. The van der Waals surface area contributed by atoms with E-state index < -0.39 is 12.2 Å². The Kier molecular flexibility index (Phi) is 5.41. The summed E-state index contributed by atoms with van der Waals surface area (Å²) in [4.78, 5) is 32.3. The van der Waals surface area contributed by atoms with Gasteiger partial charge in [0.15, 0.2) is 0 Å². The molecule has 0 spiro atoms. The number of halogens is 2. The van der Waals surface area contributed by atoms with E-state index in [0.29, 0.717) is 9.21 Å². The van der Waals surface area contributed by atoms with E-state index in [1.54, 1.807) is 12.1 Å². The Labute approximate surface area is 181 Å². The molecule has 0 saturated carbocycles. The number of amides is 2. The van der Waals surface area contributed by atoms with E-state index in [-0.39, 0.29) is 11.8 Å². The minimum Gasteiger partial charge on any atom is -0.391 e. The van der Waals surface area contributed by atoms with E-state index in [9.17, 15) is 9.59 Å². The molecule has 0 fully saturated rings. The van der Waals surface area contributed by atoms with Gasteiger partial charge in [0.1, 0.15) is 9.21 Å². The summed E-state index contributed by atoms with van der Waals surface area (Å²) in [6.45, 7) is 0. The van der Waals surface area contributed by atoms with Crippen LogP contribution >= 0.6 is 31.9 Å². The molecule has 4 aromatic rings. The fourth-order valence-corrected chi connectivity index (χ4v) is 3.77. The number of carbonyl (C=O) groups is 2. The molecule has 0 saturated heterocycles. The molecule has 0 atom stereocenters. The second-order valence-electron chi connectivity index (χ2n) is 5.85. The zero-order chi connectivity index (χ0) is 20.4. The minimum absolute atomic E-state index is 0.0347. The summed E-state index contributed by atoms with van der Waals surface area (Å²) in [5.41, 5.74) is 0. The standard InChI is InChI=1S/C20H11Br2N3O4/c21-17-13-7-3-1-5-11(13)9-15(23-17)28-19(26)25-20(27)29-16-10-12-6-2-4-8-14(12)18(22)24-16/h1-10H,(H,25,26,27). The Bertz CT molecular complexity index is 1170. The van der Waals surface area contributed by atoms with Crippen LogP contribution in [0.3, 0.4) is 0 Å². The third-order valence-corrected chi connectivity index (χ3v) is 5.15. The van der Waals surface area contributed by atoms with Crippen molar-refractivity contribution in [1.29, 1.82) is 0 Å². The molecule has 0 bridgehead atoms. The first-order chi connectivity index (χ1) is 14.0. The minimum atomic E-state index is -1.02.